The Kier molecular flexibility index (Phi) is 7.84. The summed E-state index contributed by atoms with van der Waals surface area (Å²) in [5.74, 6) is 0.796. The number of aryl methyl sites for hydroxylation is 1. The molecular weight excluding hydrogens is 464 g/mol. The van der Waals surface area contributed by atoms with Crippen LogP contribution in [0.1, 0.15) is 18.9 Å². The van der Waals surface area contributed by atoms with Gasteiger partial charge in [0.2, 0.25) is 0 Å². The fourth-order valence-corrected chi connectivity index (χ4v) is 4.20. The summed E-state index contributed by atoms with van der Waals surface area (Å²) in [6, 6.07) is 17.8. The number of sulfonamides is 1. The summed E-state index contributed by atoms with van der Waals surface area (Å²) in [5.41, 5.74) is 1.66. The lowest BCUT2D eigenvalue weighted by Gasteiger charge is -2.18. The molecule has 0 saturated carbocycles. The molecule has 0 spiro atoms. The molecule has 0 bridgehead atoms. The van der Waals surface area contributed by atoms with Crippen molar-refractivity contribution in [3.05, 3.63) is 77.3 Å². The third-order valence-electron chi connectivity index (χ3n) is 4.84. The minimum absolute atomic E-state index is 0.0527. The molecule has 3 aromatic carbocycles. The van der Waals surface area contributed by atoms with Crippen molar-refractivity contribution in [3.63, 3.8) is 0 Å². The quantitative estimate of drug-likeness (QED) is 0.429. The number of hydrogen-bond acceptors (Lipinski definition) is 5. The molecule has 0 heterocycles. The molecule has 0 saturated heterocycles. The monoisotopic (exact) mass is 488 g/mol. The van der Waals surface area contributed by atoms with Crippen LogP contribution in [0.2, 0.25) is 5.02 Å². The minimum atomic E-state index is -3.81. The highest BCUT2D eigenvalue weighted by atomic mass is 35.5. The lowest BCUT2D eigenvalue weighted by Crippen LogP contribution is -2.32. The molecule has 2 N–H and O–H groups in total. The predicted octanol–water partition coefficient (Wildman–Crippen LogP) is 5.25. The van der Waals surface area contributed by atoms with Gasteiger partial charge in [0.1, 0.15) is 11.5 Å². The van der Waals surface area contributed by atoms with Gasteiger partial charge in [0.15, 0.2) is 6.10 Å². The zero-order valence-corrected chi connectivity index (χ0v) is 20.0. The van der Waals surface area contributed by atoms with Crippen LogP contribution in [0.5, 0.6) is 11.5 Å². The number of amides is 1. The lowest BCUT2D eigenvalue weighted by molar-refractivity contribution is -0.122. The van der Waals surface area contributed by atoms with Crippen molar-refractivity contribution < 1.29 is 22.7 Å². The zero-order chi connectivity index (χ0) is 24.0. The fourth-order valence-electron chi connectivity index (χ4n) is 2.97. The summed E-state index contributed by atoms with van der Waals surface area (Å²) in [6.45, 7) is 3.67. The Morgan fingerprint density at radius 1 is 1.00 bits per heavy atom. The molecule has 0 aliphatic heterocycles. The van der Waals surface area contributed by atoms with Crippen LogP contribution in [-0.4, -0.2) is 27.5 Å². The van der Waals surface area contributed by atoms with Gasteiger partial charge in [-0.25, -0.2) is 8.42 Å². The van der Waals surface area contributed by atoms with E-state index in [1.165, 1.54) is 24.3 Å². The maximum absolute atomic E-state index is 12.7. The summed E-state index contributed by atoms with van der Waals surface area (Å²) in [7, 11) is -2.26. The topological polar surface area (TPSA) is 93.7 Å². The molecule has 0 aromatic heterocycles. The Balaban J connectivity index is 1.67. The number of anilines is 2. The van der Waals surface area contributed by atoms with Crippen molar-refractivity contribution in [3.8, 4) is 11.5 Å². The van der Waals surface area contributed by atoms with Crippen LogP contribution in [0.4, 0.5) is 11.4 Å². The maximum atomic E-state index is 12.7. The van der Waals surface area contributed by atoms with Crippen molar-refractivity contribution in [2.45, 2.75) is 31.3 Å². The second-order valence-electron chi connectivity index (χ2n) is 7.28. The highest BCUT2D eigenvalue weighted by Crippen LogP contribution is 2.24. The zero-order valence-electron chi connectivity index (χ0n) is 18.5. The van der Waals surface area contributed by atoms with E-state index in [9.17, 15) is 13.2 Å². The molecule has 1 atom stereocenters. The third kappa shape index (κ3) is 6.40. The van der Waals surface area contributed by atoms with E-state index in [0.29, 0.717) is 34.3 Å². The molecule has 9 heteroatoms. The van der Waals surface area contributed by atoms with Crippen LogP contribution in [-0.2, 0) is 14.8 Å². The molecule has 0 fully saturated rings. The Bertz CT molecular complexity index is 1230. The molecular formula is C24H25ClN2O5S. The van der Waals surface area contributed by atoms with Crippen molar-refractivity contribution in [1.29, 1.82) is 0 Å². The van der Waals surface area contributed by atoms with E-state index in [-0.39, 0.29) is 10.8 Å². The molecule has 3 aromatic rings. The molecule has 0 aliphatic rings. The highest BCUT2D eigenvalue weighted by molar-refractivity contribution is 7.92. The lowest BCUT2D eigenvalue weighted by atomic mass is 10.2. The van der Waals surface area contributed by atoms with Crippen molar-refractivity contribution in [1.82, 2.24) is 0 Å². The van der Waals surface area contributed by atoms with E-state index in [1.54, 1.807) is 49.6 Å². The summed E-state index contributed by atoms with van der Waals surface area (Å²) >= 11 is 6.07. The molecule has 1 amide bonds. The first-order valence-electron chi connectivity index (χ1n) is 10.2. The predicted molar refractivity (Wildman–Crippen MR) is 130 cm³/mol. The SMILES string of the molecule is CCC(Oc1cccc(OC)c1)C(=O)Nc1ccc(S(=O)(=O)Nc2ccc(C)c(Cl)c2)cc1. The summed E-state index contributed by atoms with van der Waals surface area (Å²) in [6.07, 6.45) is -0.285. The standard InChI is InChI=1S/C24H25ClN2O5S/c1-4-23(32-20-7-5-6-19(15-20)31-3)24(28)26-17-10-12-21(13-11-17)33(29,30)27-18-9-8-16(2)22(25)14-18/h5-15,23,27H,4H2,1-3H3,(H,26,28). The van der Waals surface area contributed by atoms with E-state index in [0.717, 1.165) is 5.56 Å². The van der Waals surface area contributed by atoms with Gasteiger partial charge in [-0.05, 0) is 67.4 Å². The van der Waals surface area contributed by atoms with Crippen LogP contribution >= 0.6 is 11.6 Å². The Morgan fingerprint density at radius 3 is 2.30 bits per heavy atom. The first-order valence-corrected chi connectivity index (χ1v) is 12.1. The summed E-state index contributed by atoms with van der Waals surface area (Å²) < 4.78 is 38.8. The average molecular weight is 489 g/mol. The second kappa shape index (κ2) is 10.6. The van der Waals surface area contributed by atoms with E-state index >= 15 is 0 Å². The molecule has 0 aliphatic carbocycles. The summed E-state index contributed by atoms with van der Waals surface area (Å²) in [4.78, 5) is 12.7. The Morgan fingerprint density at radius 2 is 1.67 bits per heavy atom. The Hall–Kier alpha value is -3.23. The van der Waals surface area contributed by atoms with Crippen LogP contribution in [0.3, 0.4) is 0 Å². The maximum Gasteiger partial charge on any atom is 0.265 e. The third-order valence-corrected chi connectivity index (χ3v) is 6.64. The first kappa shape index (κ1) is 24.4. The minimum Gasteiger partial charge on any atom is -0.497 e. The van der Waals surface area contributed by atoms with Gasteiger partial charge in [0, 0.05) is 16.8 Å². The smallest absolute Gasteiger partial charge is 0.265 e. The molecule has 33 heavy (non-hydrogen) atoms. The number of rotatable bonds is 9. The molecule has 3 rings (SSSR count). The van der Waals surface area contributed by atoms with Gasteiger partial charge in [-0.3, -0.25) is 9.52 Å². The van der Waals surface area contributed by atoms with Crippen LogP contribution in [0.15, 0.2) is 71.6 Å². The highest BCUT2D eigenvalue weighted by Gasteiger charge is 2.20. The largest absolute Gasteiger partial charge is 0.497 e. The van der Waals surface area contributed by atoms with Gasteiger partial charge in [-0.2, -0.15) is 0 Å². The Labute approximate surface area is 198 Å². The van der Waals surface area contributed by atoms with E-state index in [1.807, 2.05) is 13.8 Å². The number of halogens is 1. The number of carbonyl (C=O) groups is 1. The number of nitrogens with one attached hydrogen (secondary N) is 2. The molecule has 1 unspecified atom stereocenters. The number of benzene rings is 3. The van der Waals surface area contributed by atoms with Crippen LogP contribution in [0, 0.1) is 6.92 Å². The number of carbonyl (C=O) groups excluding carboxylic acids is 1. The first-order chi connectivity index (χ1) is 15.7. The number of ether oxygens (including phenoxy) is 2. The van der Waals surface area contributed by atoms with Gasteiger partial charge < -0.3 is 14.8 Å². The van der Waals surface area contributed by atoms with Gasteiger partial charge in [0.05, 0.1) is 17.7 Å². The van der Waals surface area contributed by atoms with Crippen LogP contribution in [0.25, 0.3) is 0 Å². The number of methoxy groups -OCH3 is 1. The average Bonchev–Trinajstić information content (AvgIpc) is 2.80. The molecule has 7 nitrogen and oxygen atoms in total. The van der Waals surface area contributed by atoms with E-state index < -0.39 is 16.1 Å². The van der Waals surface area contributed by atoms with Gasteiger partial charge in [0.25, 0.3) is 15.9 Å². The van der Waals surface area contributed by atoms with Crippen molar-refractivity contribution >= 4 is 38.9 Å². The number of hydrogen-bond donors (Lipinski definition) is 2. The second-order valence-corrected chi connectivity index (χ2v) is 9.37. The van der Waals surface area contributed by atoms with Crippen LogP contribution < -0.4 is 19.5 Å². The van der Waals surface area contributed by atoms with E-state index in [2.05, 4.69) is 10.0 Å². The summed E-state index contributed by atoms with van der Waals surface area (Å²) in [5, 5.41) is 3.22. The molecule has 174 valence electrons. The molecule has 0 radical (unpaired) electrons. The normalized spacial score (nSPS) is 12.0. The van der Waals surface area contributed by atoms with Crippen molar-refractivity contribution in [2.24, 2.45) is 0 Å². The van der Waals surface area contributed by atoms with Gasteiger partial charge in [-0.1, -0.05) is 30.7 Å². The fraction of sp³-hybridized carbons (Fsp3) is 0.208. The van der Waals surface area contributed by atoms with Gasteiger partial charge >= 0.3 is 0 Å². The van der Waals surface area contributed by atoms with E-state index in [4.69, 9.17) is 21.1 Å². The van der Waals surface area contributed by atoms with Crippen molar-refractivity contribution in [2.75, 3.05) is 17.1 Å². The van der Waals surface area contributed by atoms with Gasteiger partial charge in [-0.15, -0.1) is 0 Å².